The lowest BCUT2D eigenvalue weighted by molar-refractivity contribution is -0.139. The lowest BCUT2D eigenvalue weighted by Gasteiger charge is -2.26. The molecule has 2 N–H and O–H groups in total. The highest BCUT2D eigenvalue weighted by Crippen LogP contribution is 2.41. The Balaban J connectivity index is 2.12. The molecule has 164 valence electrons. The number of benzene rings is 2. The van der Waals surface area contributed by atoms with Gasteiger partial charge in [0, 0.05) is 17.6 Å². The number of rotatable bonds is 7. The van der Waals surface area contributed by atoms with Crippen LogP contribution in [-0.2, 0) is 9.59 Å². The van der Waals surface area contributed by atoms with Crippen molar-refractivity contribution in [2.75, 3.05) is 34.3 Å². The van der Waals surface area contributed by atoms with Crippen molar-refractivity contribution in [2.45, 2.75) is 12.5 Å². The zero-order valence-electron chi connectivity index (χ0n) is 17.6. The molecule has 0 unspecified atom stereocenters. The van der Waals surface area contributed by atoms with Crippen molar-refractivity contribution >= 4 is 29.1 Å². The van der Waals surface area contributed by atoms with E-state index in [1.54, 1.807) is 30.3 Å². The van der Waals surface area contributed by atoms with Crippen LogP contribution in [0.1, 0.15) is 23.6 Å². The fourth-order valence-corrected chi connectivity index (χ4v) is 3.87. The van der Waals surface area contributed by atoms with Crippen molar-refractivity contribution in [1.82, 2.24) is 9.80 Å². The first-order chi connectivity index (χ1) is 14.7. The molecule has 1 atom stereocenters. The summed E-state index contributed by atoms with van der Waals surface area (Å²) in [7, 11) is 5.30. The highest BCUT2D eigenvalue weighted by atomic mass is 35.5. The van der Waals surface area contributed by atoms with Gasteiger partial charge in [0.25, 0.3) is 11.7 Å². The first-order valence-corrected chi connectivity index (χ1v) is 10.2. The van der Waals surface area contributed by atoms with Crippen LogP contribution < -0.4 is 4.74 Å². The van der Waals surface area contributed by atoms with Gasteiger partial charge in [0.05, 0.1) is 24.3 Å². The van der Waals surface area contributed by atoms with Crippen molar-refractivity contribution in [2.24, 2.45) is 0 Å². The van der Waals surface area contributed by atoms with Gasteiger partial charge in [0.15, 0.2) is 0 Å². The van der Waals surface area contributed by atoms with E-state index in [0.717, 1.165) is 6.54 Å². The SMILES string of the molecule is COc1ccc(C(O)=C2C(=O)C(=O)N(CCCN(C)C)[C@H]2c2cccc(Cl)c2)c(O)c1. The van der Waals surface area contributed by atoms with Crippen LogP contribution in [0.2, 0.25) is 5.02 Å². The van der Waals surface area contributed by atoms with Gasteiger partial charge in [-0.1, -0.05) is 23.7 Å². The van der Waals surface area contributed by atoms with Crippen molar-refractivity contribution < 1.29 is 24.5 Å². The highest BCUT2D eigenvalue weighted by Gasteiger charge is 2.46. The number of Topliss-reactive ketones (excluding diaryl/α,β-unsaturated/α-hetero) is 1. The lowest BCUT2D eigenvalue weighted by atomic mass is 9.95. The summed E-state index contributed by atoms with van der Waals surface area (Å²) in [6.07, 6.45) is 0.644. The van der Waals surface area contributed by atoms with E-state index in [-0.39, 0.29) is 16.9 Å². The average Bonchev–Trinajstić information content (AvgIpc) is 2.98. The van der Waals surface area contributed by atoms with Gasteiger partial charge in [-0.3, -0.25) is 9.59 Å². The van der Waals surface area contributed by atoms with Crippen LogP contribution in [0.25, 0.3) is 5.76 Å². The summed E-state index contributed by atoms with van der Waals surface area (Å²) in [4.78, 5) is 29.3. The van der Waals surface area contributed by atoms with E-state index in [0.29, 0.717) is 29.3 Å². The Morgan fingerprint density at radius 2 is 1.94 bits per heavy atom. The minimum absolute atomic E-state index is 0.0409. The normalized spacial score (nSPS) is 18.1. The topological polar surface area (TPSA) is 90.3 Å². The summed E-state index contributed by atoms with van der Waals surface area (Å²) in [5.41, 5.74) is 0.558. The molecule has 31 heavy (non-hydrogen) atoms. The number of hydrogen-bond donors (Lipinski definition) is 2. The van der Waals surface area contributed by atoms with Crippen molar-refractivity contribution in [3.05, 3.63) is 64.2 Å². The van der Waals surface area contributed by atoms with Gasteiger partial charge in [-0.2, -0.15) is 0 Å². The maximum Gasteiger partial charge on any atom is 0.295 e. The third-order valence-corrected chi connectivity index (χ3v) is 5.40. The van der Waals surface area contributed by atoms with E-state index in [2.05, 4.69) is 0 Å². The molecule has 1 aliphatic rings. The number of likely N-dealkylation sites (tertiary alicyclic amines) is 1. The number of carbonyl (C=O) groups excluding carboxylic acids is 2. The van der Waals surface area contributed by atoms with Crippen LogP contribution in [0.5, 0.6) is 11.5 Å². The number of methoxy groups -OCH3 is 1. The third kappa shape index (κ3) is 4.68. The van der Waals surface area contributed by atoms with Gasteiger partial charge in [-0.05, 0) is 56.9 Å². The molecule has 0 aliphatic carbocycles. The van der Waals surface area contributed by atoms with Crippen LogP contribution in [0.4, 0.5) is 0 Å². The quantitative estimate of drug-likeness (QED) is 0.386. The van der Waals surface area contributed by atoms with Crippen molar-refractivity contribution in [3.63, 3.8) is 0 Å². The number of ether oxygens (including phenoxy) is 1. The van der Waals surface area contributed by atoms with E-state index in [9.17, 15) is 19.8 Å². The zero-order valence-corrected chi connectivity index (χ0v) is 18.4. The number of ketones is 1. The highest BCUT2D eigenvalue weighted by molar-refractivity contribution is 6.46. The first kappa shape index (κ1) is 22.7. The number of hydrogen-bond acceptors (Lipinski definition) is 6. The van der Waals surface area contributed by atoms with Crippen molar-refractivity contribution in [3.8, 4) is 11.5 Å². The number of carbonyl (C=O) groups is 2. The number of aliphatic hydroxyl groups is 1. The van der Waals surface area contributed by atoms with E-state index in [4.69, 9.17) is 16.3 Å². The molecule has 7 nitrogen and oxygen atoms in total. The zero-order chi connectivity index (χ0) is 22.7. The van der Waals surface area contributed by atoms with Crippen LogP contribution in [0, 0.1) is 0 Å². The maximum absolute atomic E-state index is 13.0. The van der Waals surface area contributed by atoms with Crippen LogP contribution >= 0.6 is 11.6 Å². The Kier molecular flexibility index (Phi) is 6.87. The number of amides is 1. The molecule has 1 fully saturated rings. The van der Waals surface area contributed by atoms with E-state index in [1.165, 1.54) is 24.1 Å². The Bertz CT molecular complexity index is 1030. The van der Waals surface area contributed by atoms with Gasteiger partial charge >= 0.3 is 0 Å². The number of phenols is 1. The van der Waals surface area contributed by atoms with Gasteiger partial charge in [0.1, 0.15) is 17.3 Å². The van der Waals surface area contributed by atoms with E-state index in [1.807, 2.05) is 19.0 Å². The summed E-state index contributed by atoms with van der Waals surface area (Å²) in [5.74, 6) is -1.82. The molecule has 1 amide bonds. The summed E-state index contributed by atoms with van der Waals surface area (Å²) in [6, 6.07) is 10.3. The van der Waals surface area contributed by atoms with Gasteiger partial charge in [-0.25, -0.2) is 0 Å². The van der Waals surface area contributed by atoms with Crippen molar-refractivity contribution in [1.29, 1.82) is 0 Å². The summed E-state index contributed by atoms with van der Waals surface area (Å²) < 4.78 is 5.07. The summed E-state index contributed by atoms with van der Waals surface area (Å²) in [5, 5.41) is 21.8. The molecular weight excluding hydrogens is 420 g/mol. The third-order valence-electron chi connectivity index (χ3n) is 5.17. The predicted octanol–water partition coefficient (Wildman–Crippen LogP) is 3.43. The standard InChI is InChI=1S/C23H25ClN2O5/c1-25(2)10-5-11-26-20(14-6-4-7-15(24)12-14)19(22(29)23(26)30)21(28)17-9-8-16(31-3)13-18(17)27/h4,6-9,12-13,20,27-28H,5,10-11H2,1-3H3/t20-/m0/s1. The number of aliphatic hydroxyl groups excluding tert-OH is 1. The maximum atomic E-state index is 13.0. The molecule has 0 spiro atoms. The minimum atomic E-state index is -0.817. The molecule has 1 heterocycles. The largest absolute Gasteiger partial charge is 0.507 e. The van der Waals surface area contributed by atoms with E-state index < -0.39 is 23.5 Å². The fourth-order valence-electron chi connectivity index (χ4n) is 3.67. The second-order valence-electron chi connectivity index (χ2n) is 7.59. The monoisotopic (exact) mass is 444 g/mol. The Hall–Kier alpha value is -3.03. The smallest absolute Gasteiger partial charge is 0.295 e. The molecule has 3 rings (SSSR count). The molecule has 1 aliphatic heterocycles. The lowest BCUT2D eigenvalue weighted by Crippen LogP contribution is -2.32. The summed E-state index contributed by atoms with van der Waals surface area (Å²) in [6.45, 7) is 1.05. The molecule has 1 saturated heterocycles. The molecule has 0 saturated carbocycles. The Morgan fingerprint density at radius 1 is 1.19 bits per heavy atom. The number of halogens is 1. The minimum Gasteiger partial charge on any atom is -0.507 e. The molecule has 0 radical (unpaired) electrons. The van der Waals surface area contributed by atoms with Crippen LogP contribution in [-0.4, -0.2) is 66.0 Å². The van der Waals surface area contributed by atoms with Gasteiger partial charge < -0.3 is 24.7 Å². The molecule has 8 heteroatoms. The van der Waals surface area contributed by atoms with E-state index >= 15 is 0 Å². The second kappa shape index (κ2) is 9.41. The number of phenolic OH excluding ortho intramolecular Hbond substituents is 1. The molecular formula is C23H25ClN2O5. The Morgan fingerprint density at radius 3 is 2.55 bits per heavy atom. The average molecular weight is 445 g/mol. The van der Waals surface area contributed by atoms with Gasteiger partial charge in [0.2, 0.25) is 0 Å². The number of nitrogens with zero attached hydrogens (tertiary/aromatic N) is 2. The van der Waals surface area contributed by atoms with Crippen LogP contribution in [0.3, 0.4) is 0 Å². The molecule has 0 bridgehead atoms. The first-order valence-electron chi connectivity index (χ1n) is 9.80. The predicted molar refractivity (Wildman–Crippen MR) is 118 cm³/mol. The Labute approximate surface area is 186 Å². The molecule has 0 aromatic heterocycles. The number of aromatic hydroxyl groups is 1. The fraction of sp³-hybridized carbons (Fsp3) is 0.304. The van der Waals surface area contributed by atoms with Crippen LogP contribution in [0.15, 0.2) is 48.0 Å². The molecule has 2 aromatic carbocycles. The second-order valence-corrected chi connectivity index (χ2v) is 8.02. The van der Waals surface area contributed by atoms with Gasteiger partial charge in [-0.15, -0.1) is 0 Å². The summed E-state index contributed by atoms with van der Waals surface area (Å²) >= 11 is 6.17. The molecule has 2 aromatic rings.